The molecule has 6 rings (SSSR count). The molecule has 0 aromatic heterocycles. The first-order valence-electron chi connectivity index (χ1n) is 12.2. The van der Waals surface area contributed by atoms with Crippen LogP contribution in [0.1, 0.15) is 27.8 Å². The standard InChI is InChI=1S/C33H25ClN2O/c34-28-20-12-19-27(23-28)32(35)29-21-10-11-22-30(29)36(31(32)37)33(24-13-4-1-5-14-24,25-15-6-2-7-16-25)26-17-8-3-9-18-26/h1-23H,35H2/t32-/m1/s1. The molecule has 1 aliphatic heterocycles. The first-order chi connectivity index (χ1) is 18.1. The molecule has 1 atom stereocenters. The molecule has 1 aliphatic rings. The van der Waals surface area contributed by atoms with Gasteiger partial charge in [0.05, 0.1) is 5.69 Å². The highest BCUT2D eigenvalue weighted by atomic mass is 35.5. The Kier molecular flexibility index (Phi) is 5.68. The van der Waals surface area contributed by atoms with Crippen LogP contribution >= 0.6 is 11.6 Å². The zero-order chi connectivity index (χ0) is 25.5. The molecule has 180 valence electrons. The van der Waals surface area contributed by atoms with Gasteiger partial charge in [0, 0.05) is 10.6 Å². The largest absolute Gasteiger partial charge is 0.310 e. The molecule has 0 aliphatic carbocycles. The van der Waals surface area contributed by atoms with Gasteiger partial charge in [0.15, 0.2) is 0 Å². The fourth-order valence-electron chi connectivity index (χ4n) is 5.67. The molecule has 4 heteroatoms. The third-order valence-corrected chi connectivity index (χ3v) is 7.54. The molecule has 0 unspecified atom stereocenters. The molecule has 3 nitrogen and oxygen atoms in total. The van der Waals surface area contributed by atoms with Crippen molar-refractivity contribution in [3.05, 3.63) is 172 Å². The minimum atomic E-state index is -1.41. The molecule has 0 spiro atoms. The number of amides is 1. The second-order valence-corrected chi connectivity index (χ2v) is 9.72. The van der Waals surface area contributed by atoms with Crippen LogP contribution in [-0.2, 0) is 15.9 Å². The third-order valence-electron chi connectivity index (χ3n) is 7.30. The summed E-state index contributed by atoms with van der Waals surface area (Å²) in [4.78, 5) is 16.8. The molecule has 0 fully saturated rings. The maximum atomic E-state index is 14.9. The average Bonchev–Trinajstić information content (AvgIpc) is 3.19. The minimum absolute atomic E-state index is 0.215. The molecular formula is C33H25ClN2O. The number of benzene rings is 5. The van der Waals surface area contributed by atoms with Crippen LogP contribution in [-0.4, -0.2) is 5.91 Å². The third kappa shape index (κ3) is 3.43. The van der Waals surface area contributed by atoms with Gasteiger partial charge in [0.2, 0.25) is 0 Å². The van der Waals surface area contributed by atoms with Crippen molar-refractivity contribution in [2.45, 2.75) is 11.1 Å². The summed E-state index contributed by atoms with van der Waals surface area (Å²) in [6, 6.07) is 45.6. The van der Waals surface area contributed by atoms with Crippen molar-refractivity contribution >= 4 is 23.2 Å². The highest BCUT2D eigenvalue weighted by Gasteiger charge is 2.57. The smallest absolute Gasteiger partial charge is 0.257 e. The molecule has 0 bridgehead atoms. The Morgan fingerprint density at radius 1 is 0.622 bits per heavy atom. The monoisotopic (exact) mass is 500 g/mol. The Balaban J connectivity index is 1.74. The molecule has 1 amide bonds. The summed E-state index contributed by atoms with van der Waals surface area (Å²) in [7, 11) is 0. The summed E-state index contributed by atoms with van der Waals surface area (Å²) in [5, 5.41) is 0.534. The number of para-hydroxylation sites is 1. The van der Waals surface area contributed by atoms with Crippen molar-refractivity contribution in [3.63, 3.8) is 0 Å². The van der Waals surface area contributed by atoms with Crippen LogP contribution in [0.3, 0.4) is 0 Å². The van der Waals surface area contributed by atoms with E-state index in [2.05, 4.69) is 36.4 Å². The van der Waals surface area contributed by atoms with Crippen molar-refractivity contribution in [1.29, 1.82) is 0 Å². The minimum Gasteiger partial charge on any atom is -0.310 e. The van der Waals surface area contributed by atoms with E-state index in [1.54, 1.807) is 12.1 Å². The lowest BCUT2D eigenvalue weighted by atomic mass is 9.75. The lowest BCUT2D eigenvalue weighted by Crippen LogP contribution is -2.56. The Hall–Kier alpha value is -4.18. The van der Waals surface area contributed by atoms with Crippen LogP contribution in [0.4, 0.5) is 5.69 Å². The summed E-state index contributed by atoms with van der Waals surface area (Å²) >= 11 is 6.39. The van der Waals surface area contributed by atoms with Crippen LogP contribution in [0.25, 0.3) is 0 Å². The molecule has 1 heterocycles. The Morgan fingerprint density at radius 3 is 1.62 bits per heavy atom. The van der Waals surface area contributed by atoms with Gasteiger partial charge in [0.25, 0.3) is 5.91 Å². The van der Waals surface area contributed by atoms with Crippen molar-refractivity contribution in [2.24, 2.45) is 5.73 Å². The number of carbonyl (C=O) groups excluding carboxylic acids is 1. The number of nitrogens with zero attached hydrogens (tertiary/aromatic N) is 1. The highest BCUT2D eigenvalue weighted by Crippen LogP contribution is 2.53. The van der Waals surface area contributed by atoms with Crippen molar-refractivity contribution in [1.82, 2.24) is 0 Å². The van der Waals surface area contributed by atoms with Crippen molar-refractivity contribution in [3.8, 4) is 0 Å². The fourth-order valence-corrected chi connectivity index (χ4v) is 5.86. The zero-order valence-electron chi connectivity index (χ0n) is 20.1. The quantitative estimate of drug-likeness (QED) is 0.267. The van der Waals surface area contributed by atoms with Gasteiger partial charge in [-0.2, -0.15) is 0 Å². The van der Waals surface area contributed by atoms with E-state index in [1.807, 2.05) is 95.9 Å². The maximum Gasteiger partial charge on any atom is 0.257 e. The number of halogens is 1. The number of anilines is 1. The summed E-state index contributed by atoms with van der Waals surface area (Å²) in [6.07, 6.45) is 0. The van der Waals surface area contributed by atoms with E-state index in [0.29, 0.717) is 10.6 Å². The van der Waals surface area contributed by atoms with E-state index in [4.69, 9.17) is 17.3 Å². The van der Waals surface area contributed by atoms with Crippen molar-refractivity contribution in [2.75, 3.05) is 4.90 Å². The summed E-state index contributed by atoms with van der Waals surface area (Å²) in [5.41, 5.74) is 9.85. The second kappa shape index (κ2) is 9.04. The Bertz CT molecular complexity index is 1470. The summed E-state index contributed by atoms with van der Waals surface area (Å²) in [5.74, 6) is -0.215. The first-order valence-corrected chi connectivity index (χ1v) is 12.6. The summed E-state index contributed by atoms with van der Waals surface area (Å²) in [6.45, 7) is 0. The van der Waals surface area contributed by atoms with E-state index in [9.17, 15) is 4.79 Å². The van der Waals surface area contributed by atoms with E-state index in [1.165, 1.54) is 0 Å². The lowest BCUT2D eigenvalue weighted by molar-refractivity contribution is -0.122. The van der Waals surface area contributed by atoms with Gasteiger partial charge in [-0.3, -0.25) is 9.69 Å². The second-order valence-electron chi connectivity index (χ2n) is 9.28. The van der Waals surface area contributed by atoms with E-state index in [0.717, 1.165) is 27.9 Å². The highest BCUT2D eigenvalue weighted by molar-refractivity contribution is 6.30. The van der Waals surface area contributed by atoms with Gasteiger partial charge in [-0.15, -0.1) is 0 Å². The van der Waals surface area contributed by atoms with Crippen LogP contribution in [0.5, 0.6) is 0 Å². The lowest BCUT2D eigenvalue weighted by Gasteiger charge is -2.44. The number of hydrogen-bond acceptors (Lipinski definition) is 2. The molecule has 0 radical (unpaired) electrons. The number of carbonyl (C=O) groups is 1. The van der Waals surface area contributed by atoms with Gasteiger partial charge in [-0.25, -0.2) is 0 Å². The molecule has 5 aromatic carbocycles. The van der Waals surface area contributed by atoms with Gasteiger partial charge in [0.1, 0.15) is 11.1 Å². The van der Waals surface area contributed by atoms with E-state index < -0.39 is 11.1 Å². The van der Waals surface area contributed by atoms with Gasteiger partial charge >= 0.3 is 0 Å². The van der Waals surface area contributed by atoms with Gasteiger partial charge in [-0.05, 0) is 40.5 Å². The SMILES string of the molecule is N[C@@]1(c2cccc(Cl)c2)C(=O)N(C(c2ccccc2)(c2ccccc2)c2ccccc2)c2ccccc21. The predicted octanol–water partition coefficient (Wildman–Crippen LogP) is 6.88. The zero-order valence-corrected chi connectivity index (χ0v) is 20.8. The van der Waals surface area contributed by atoms with Gasteiger partial charge < -0.3 is 5.73 Å². The van der Waals surface area contributed by atoms with Gasteiger partial charge in [-0.1, -0.05) is 133 Å². The molecular weight excluding hydrogens is 476 g/mol. The van der Waals surface area contributed by atoms with Crippen LogP contribution in [0, 0.1) is 0 Å². The first kappa shape index (κ1) is 23.2. The van der Waals surface area contributed by atoms with E-state index >= 15 is 0 Å². The van der Waals surface area contributed by atoms with Crippen LogP contribution in [0.15, 0.2) is 140 Å². The number of nitrogens with two attached hydrogens (primary N) is 1. The predicted molar refractivity (Wildman–Crippen MR) is 150 cm³/mol. The Labute approximate surface area is 221 Å². The molecule has 37 heavy (non-hydrogen) atoms. The molecule has 2 N–H and O–H groups in total. The molecule has 5 aromatic rings. The number of hydrogen-bond donors (Lipinski definition) is 1. The Morgan fingerprint density at radius 2 is 1.11 bits per heavy atom. The van der Waals surface area contributed by atoms with E-state index in [-0.39, 0.29) is 5.91 Å². The fraction of sp³-hybridized carbons (Fsp3) is 0.0606. The molecule has 0 saturated carbocycles. The molecule has 0 saturated heterocycles. The number of fused-ring (bicyclic) bond motifs is 1. The number of rotatable bonds is 5. The normalized spacial score (nSPS) is 17.0. The van der Waals surface area contributed by atoms with Crippen LogP contribution in [0.2, 0.25) is 5.02 Å². The maximum absolute atomic E-state index is 14.9. The van der Waals surface area contributed by atoms with Crippen LogP contribution < -0.4 is 10.6 Å². The topological polar surface area (TPSA) is 46.3 Å². The van der Waals surface area contributed by atoms with Crippen molar-refractivity contribution < 1.29 is 4.79 Å². The summed E-state index contributed by atoms with van der Waals surface area (Å²) < 4.78 is 0. The average molecular weight is 501 g/mol.